The molecule has 0 saturated heterocycles. The molecule has 4 heteroatoms. The van der Waals surface area contributed by atoms with Crippen molar-refractivity contribution in [2.45, 2.75) is 51.0 Å². The molecular formula is C23H29N3O. The predicted molar refractivity (Wildman–Crippen MR) is 107 cm³/mol. The van der Waals surface area contributed by atoms with Gasteiger partial charge in [0.05, 0.1) is 17.7 Å². The smallest absolute Gasteiger partial charge is 0.233 e. The van der Waals surface area contributed by atoms with Crippen molar-refractivity contribution in [2.75, 3.05) is 6.54 Å². The molecule has 142 valence electrons. The highest BCUT2D eigenvalue weighted by molar-refractivity contribution is 5.91. The lowest BCUT2D eigenvalue weighted by atomic mass is 9.91. The molecular weight excluding hydrogens is 334 g/mol. The van der Waals surface area contributed by atoms with E-state index in [1.54, 1.807) is 0 Å². The van der Waals surface area contributed by atoms with Crippen LogP contribution in [0.15, 0.2) is 48.6 Å². The fourth-order valence-corrected chi connectivity index (χ4v) is 4.27. The first-order valence-electron chi connectivity index (χ1n) is 10.1. The minimum atomic E-state index is -0.310. The van der Waals surface area contributed by atoms with Gasteiger partial charge in [0, 0.05) is 19.3 Å². The quantitative estimate of drug-likeness (QED) is 0.723. The predicted octanol–water partition coefficient (Wildman–Crippen LogP) is 4.15. The number of hydrogen-bond acceptors (Lipinski definition) is 2. The third kappa shape index (κ3) is 3.71. The van der Waals surface area contributed by atoms with Crippen LogP contribution in [0.1, 0.15) is 49.1 Å². The molecule has 4 rings (SSSR count). The minimum Gasteiger partial charge on any atom is -0.336 e. The van der Waals surface area contributed by atoms with E-state index in [0.29, 0.717) is 12.5 Å². The Labute approximate surface area is 161 Å². The molecule has 1 fully saturated rings. The van der Waals surface area contributed by atoms with Crippen LogP contribution in [-0.2, 0) is 23.8 Å². The Morgan fingerprint density at radius 1 is 1.26 bits per heavy atom. The summed E-state index contributed by atoms with van der Waals surface area (Å²) in [5.41, 5.74) is 2.97. The summed E-state index contributed by atoms with van der Waals surface area (Å²) in [6.07, 6.45) is 9.81. The van der Waals surface area contributed by atoms with Gasteiger partial charge in [0.1, 0.15) is 0 Å². The van der Waals surface area contributed by atoms with Crippen LogP contribution in [0, 0.1) is 12.8 Å². The van der Waals surface area contributed by atoms with Crippen LogP contribution >= 0.6 is 0 Å². The number of carbonyl (C=O) groups excluding carboxylic acids is 1. The van der Waals surface area contributed by atoms with E-state index in [2.05, 4.69) is 47.3 Å². The number of aromatic nitrogens is 2. The molecule has 0 unspecified atom stereocenters. The lowest BCUT2D eigenvalue weighted by molar-refractivity contribution is -0.135. The van der Waals surface area contributed by atoms with Crippen LogP contribution in [-0.4, -0.2) is 27.1 Å². The summed E-state index contributed by atoms with van der Waals surface area (Å²) in [7, 11) is 1.96. The molecule has 1 heterocycles. The lowest BCUT2D eigenvalue weighted by Gasteiger charge is -2.31. The van der Waals surface area contributed by atoms with Crippen LogP contribution < -0.4 is 0 Å². The molecule has 1 aromatic heterocycles. The van der Waals surface area contributed by atoms with E-state index in [4.69, 9.17) is 0 Å². The zero-order valence-corrected chi connectivity index (χ0v) is 16.4. The van der Waals surface area contributed by atoms with Gasteiger partial charge in [0.2, 0.25) is 5.91 Å². The Kier molecular flexibility index (Phi) is 4.90. The summed E-state index contributed by atoms with van der Waals surface area (Å²) >= 11 is 0. The molecule has 1 atom stereocenters. The molecule has 1 saturated carbocycles. The number of aryl methyl sites for hydroxylation is 2. The highest BCUT2D eigenvalue weighted by atomic mass is 16.2. The van der Waals surface area contributed by atoms with Crippen LogP contribution in [0.4, 0.5) is 0 Å². The van der Waals surface area contributed by atoms with Gasteiger partial charge in [-0.15, -0.1) is 0 Å². The Bertz CT molecular complexity index is 813. The fourth-order valence-electron chi connectivity index (χ4n) is 4.27. The third-order valence-corrected chi connectivity index (χ3v) is 6.15. The Morgan fingerprint density at radius 2 is 2.04 bits per heavy atom. The molecule has 4 nitrogen and oxygen atoms in total. The molecule has 0 bridgehead atoms. The third-order valence-electron chi connectivity index (χ3n) is 6.15. The summed E-state index contributed by atoms with van der Waals surface area (Å²) in [5, 5.41) is 4.61. The first-order valence-corrected chi connectivity index (χ1v) is 10.1. The van der Waals surface area contributed by atoms with E-state index < -0.39 is 0 Å². The standard InChI is InChI=1S/C23H29N3O/c1-18-15-21(24-25(18)2)17-26(16-19-9-5-3-6-10-19)22(27)23(13-14-23)20-11-7-4-8-12-20/h3-5,7-8,11-12,15,19H,6,9-10,13-14,16-17H2,1-2H3/t19-/m0/s1. The fraction of sp³-hybridized carbons (Fsp3) is 0.478. The molecule has 0 spiro atoms. The second kappa shape index (κ2) is 7.34. The summed E-state index contributed by atoms with van der Waals surface area (Å²) in [4.78, 5) is 15.8. The number of hydrogen-bond donors (Lipinski definition) is 0. The van der Waals surface area contributed by atoms with E-state index in [1.165, 1.54) is 12.0 Å². The molecule has 27 heavy (non-hydrogen) atoms. The van der Waals surface area contributed by atoms with Crippen molar-refractivity contribution < 1.29 is 4.79 Å². The second-order valence-electron chi connectivity index (χ2n) is 8.18. The van der Waals surface area contributed by atoms with Gasteiger partial charge >= 0.3 is 0 Å². The number of rotatable bonds is 6. The number of carbonyl (C=O) groups is 1. The zero-order valence-electron chi connectivity index (χ0n) is 16.4. The Morgan fingerprint density at radius 3 is 2.63 bits per heavy atom. The van der Waals surface area contributed by atoms with Crippen LogP contribution in [0.2, 0.25) is 0 Å². The molecule has 1 aromatic carbocycles. The maximum absolute atomic E-state index is 13.7. The first-order chi connectivity index (χ1) is 13.1. The Balaban J connectivity index is 1.58. The molecule has 2 aliphatic carbocycles. The number of allylic oxidation sites excluding steroid dienone is 2. The highest BCUT2D eigenvalue weighted by Gasteiger charge is 2.53. The van der Waals surface area contributed by atoms with Gasteiger partial charge in [-0.3, -0.25) is 9.48 Å². The normalized spacial score (nSPS) is 20.4. The summed E-state index contributed by atoms with van der Waals surface area (Å²) < 4.78 is 1.89. The average Bonchev–Trinajstić information content (AvgIpc) is 3.44. The summed E-state index contributed by atoms with van der Waals surface area (Å²) in [6, 6.07) is 12.4. The monoisotopic (exact) mass is 363 g/mol. The van der Waals surface area contributed by atoms with Gasteiger partial charge in [-0.25, -0.2) is 0 Å². The van der Waals surface area contributed by atoms with Crippen molar-refractivity contribution in [3.8, 4) is 0 Å². The average molecular weight is 364 g/mol. The highest BCUT2D eigenvalue weighted by Crippen LogP contribution is 2.49. The Hall–Kier alpha value is -2.36. The first kappa shape index (κ1) is 18.0. The van der Waals surface area contributed by atoms with E-state index in [-0.39, 0.29) is 11.3 Å². The van der Waals surface area contributed by atoms with E-state index in [1.807, 2.05) is 29.9 Å². The van der Waals surface area contributed by atoms with E-state index in [9.17, 15) is 4.79 Å². The van der Waals surface area contributed by atoms with Gasteiger partial charge in [-0.2, -0.15) is 5.10 Å². The van der Waals surface area contributed by atoms with Gasteiger partial charge in [0.15, 0.2) is 0 Å². The zero-order chi connectivity index (χ0) is 18.9. The molecule has 1 amide bonds. The molecule has 0 radical (unpaired) electrons. The van der Waals surface area contributed by atoms with Gasteiger partial charge in [-0.1, -0.05) is 42.5 Å². The van der Waals surface area contributed by atoms with Gasteiger partial charge in [0.25, 0.3) is 0 Å². The molecule has 0 N–H and O–H groups in total. The van der Waals surface area contributed by atoms with E-state index in [0.717, 1.165) is 43.6 Å². The van der Waals surface area contributed by atoms with Crippen molar-refractivity contribution in [3.05, 3.63) is 65.5 Å². The van der Waals surface area contributed by atoms with Gasteiger partial charge in [-0.05, 0) is 56.6 Å². The number of amides is 1. The van der Waals surface area contributed by atoms with Gasteiger partial charge < -0.3 is 4.90 Å². The van der Waals surface area contributed by atoms with Crippen LogP contribution in [0.5, 0.6) is 0 Å². The van der Waals surface area contributed by atoms with Crippen molar-refractivity contribution in [3.63, 3.8) is 0 Å². The molecule has 2 aromatic rings. The maximum atomic E-state index is 13.7. The van der Waals surface area contributed by atoms with Crippen molar-refractivity contribution in [1.29, 1.82) is 0 Å². The topological polar surface area (TPSA) is 38.1 Å². The molecule has 0 aliphatic heterocycles. The van der Waals surface area contributed by atoms with E-state index >= 15 is 0 Å². The van der Waals surface area contributed by atoms with Crippen LogP contribution in [0.25, 0.3) is 0 Å². The summed E-state index contributed by atoms with van der Waals surface area (Å²) in [6.45, 7) is 3.49. The van der Waals surface area contributed by atoms with Crippen molar-refractivity contribution in [1.82, 2.24) is 14.7 Å². The minimum absolute atomic E-state index is 0.284. The number of nitrogens with zero attached hydrogens (tertiary/aromatic N) is 3. The summed E-state index contributed by atoms with van der Waals surface area (Å²) in [5.74, 6) is 0.835. The lowest BCUT2D eigenvalue weighted by Crippen LogP contribution is -2.42. The number of benzene rings is 1. The van der Waals surface area contributed by atoms with Crippen molar-refractivity contribution >= 4 is 5.91 Å². The SMILES string of the molecule is Cc1cc(CN(C[C@H]2CC=CCC2)C(=O)C2(c3ccccc3)CC2)nn1C. The largest absolute Gasteiger partial charge is 0.336 e. The molecule has 2 aliphatic rings. The maximum Gasteiger partial charge on any atom is 0.233 e. The second-order valence-corrected chi connectivity index (χ2v) is 8.18. The van der Waals surface area contributed by atoms with Crippen LogP contribution in [0.3, 0.4) is 0 Å². The van der Waals surface area contributed by atoms with Crippen molar-refractivity contribution in [2.24, 2.45) is 13.0 Å².